The number of ether oxygens (including phenoxy) is 2. The maximum absolute atomic E-state index is 11.9. The molecule has 0 unspecified atom stereocenters. The van der Waals surface area contributed by atoms with Crippen LogP contribution < -0.4 is 5.73 Å². The number of hydrogen-bond donors (Lipinski definition) is 1. The number of nitrogens with zero attached hydrogens (tertiary/aromatic N) is 1. The van der Waals surface area contributed by atoms with Crippen LogP contribution in [0.25, 0.3) is 0 Å². The molecule has 0 aromatic rings. The van der Waals surface area contributed by atoms with Crippen molar-refractivity contribution in [2.24, 2.45) is 5.73 Å². The van der Waals surface area contributed by atoms with E-state index >= 15 is 0 Å². The second-order valence-electron chi connectivity index (χ2n) is 4.66. The van der Waals surface area contributed by atoms with Gasteiger partial charge in [0, 0.05) is 13.1 Å². The number of rotatable bonds is 4. The highest BCUT2D eigenvalue weighted by Gasteiger charge is 2.29. The van der Waals surface area contributed by atoms with Gasteiger partial charge >= 0.3 is 12.1 Å². The normalized spacial score (nSPS) is 12.8. The number of methoxy groups -OCH3 is 1. The van der Waals surface area contributed by atoms with Gasteiger partial charge in [-0.2, -0.15) is 0 Å². The maximum atomic E-state index is 11.9. The van der Waals surface area contributed by atoms with Crippen LogP contribution in [-0.2, 0) is 14.3 Å². The predicted octanol–water partition coefficient (Wildman–Crippen LogP) is 0.744. The number of carbonyl (C=O) groups is 2. The van der Waals surface area contributed by atoms with Crippen molar-refractivity contribution in [2.75, 3.05) is 20.2 Å². The average molecular weight is 246 g/mol. The van der Waals surface area contributed by atoms with Crippen LogP contribution in [0.4, 0.5) is 4.79 Å². The van der Waals surface area contributed by atoms with E-state index in [0.29, 0.717) is 0 Å². The molecule has 0 bridgehead atoms. The third-order valence-electron chi connectivity index (χ3n) is 2.01. The van der Waals surface area contributed by atoms with Crippen LogP contribution >= 0.6 is 0 Å². The van der Waals surface area contributed by atoms with E-state index in [1.807, 2.05) is 0 Å². The first-order valence-electron chi connectivity index (χ1n) is 5.50. The van der Waals surface area contributed by atoms with Gasteiger partial charge in [0.15, 0.2) is 0 Å². The number of hydrogen-bond acceptors (Lipinski definition) is 5. The molecule has 0 aliphatic heterocycles. The third-order valence-corrected chi connectivity index (χ3v) is 2.01. The summed E-state index contributed by atoms with van der Waals surface area (Å²) < 4.78 is 9.78. The molecular formula is C11H22N2O4. The molecule has 0 spiro atoms. The summed E-state index contributed by atoms with van der Waals surface area (Å²) in [4.78, 5) is 24.5. The third kappa shape index (κ3) is 5.53. The zero-order valence-corrected chi connectivity index (χ0v) is 11.1. The fraction of sp³-hybridized carbons (Fsp3) is 0.818. The smallest absolute Gasteiger partial charge is 0.411 e. The summed E-state index contributed by atoms with van der Waals surface area (Å²) in [5, 5.41) is 0. The zero-order valence-electron chi connectivity index (χ0n) is 11.1. The summed E-state index contributed by atoms with van der Waals surface area (Å²) in [6.07, 6.45) is -0.569. The lowest BCUT2D eigenvalue weighted by atomic mass is 10.2. The van der Waals surface area contributed by atoms with Gasteiger partial charge in [-0.3, -0.25) is 4.90 Å². The van der Waals surface area contributed by atoms with Crippen LogP contribution in [0.5, 0.6) is 0 Å². The Bertz CT molecular complexity index is 273. The van der Waals surface area contributed by atoms with E-state index in [2.05, 4.69) is 4.74 Å². The molecule has 6 heteroatoms. The minimum Gasteiger partial charge on any atom is -0.467 e. The largest absolute Gasteiger partial charge is 0.467 e. The van der Waals surface area contributed by atoms with E-state index < -0.39 is 23.7 Å². The Morgan fingerprint density at radius 3 is 2.24 bits per heavy atom. The van der Waals surface area contributed by atoms with E-state index in [0.717, 1.165) is 0 Å². The van der Waals surface area contributed by atoms with Crippen LogP contribution in [0.3, 0.4) is 0 Å². The zero-order chi connectivity index (χ0) is 13.6. The van der Waals surface area contributed by atoms with Gasteiger partial charge in [0.1, 0.15) is 11.6 Å². The van der Waals surface area contributed by atoms with Crippen molar-refractivity contribution < 1.29 is 19.1 Å². The number of amides is 1. The Kier molecular flexibility index (Phi) is 5.95. The Morgan fingerprint density at radius 2 is 1.88 bits per heavy atom. The molecule has 0 aromatic heterocycles. The van der Waals surface area contributed by atoms with Crippen LogP contribution in [0.1, 0.15) is 27.7 Å². The molecule has 17 heavy (non-hydrogen) atoms. The standard InChI is InChI=1S/C11H22N2O4/c1-8(9(14)16-5)13(7-6-12)10(15)17-11(2,3)4/h8H,6-7,12H2,1-5H3/t8-/m0/s1. The van der Waals surface area contributed by atoms with Gasteiger partial charge in [-0.1, -0.05) is 0 Å². The summed E-state index contributed by atoms with van der Waals surface area (Å²) in [6, 6.07) is -0.710. The average Bonchev–Trinajstić information content (AvgIpc) is 2.21. The Morgan fingerprint density at radius 1 is 1.35 bits per heavy atom. The lowest BCUT2D eigenvalue weighted by Crippen LogP contribution is -2.48. The van der Waals surface area contributed by atoms with Crippen molar-refractivity contribution in [1.82, 2.24) is 4.90 Å². The number of esters is 1. The molecule has 0 aromatic carbocycles. The summed E-state index contributed by atoms with van der Waals surface area (Å²) in [5.41, 5.74) is 4.80. The molecule has 0 heterocycles. The van der Waals surface area contributed by atoms with Crippen LogP contribution in [0, 0.1) is 0 Å². The topological polar surface area (TPSA) is 81.9 Å². The minimum absolute atomic E-state index is 0.241. The fourth-order valence-electron chi connectivity index (χ4n) is 1.20. The molecule has 1 atom stereocenters. The van der Waals surface area contributed by atoms with E-state index in [9.17, 15) is 9.59 Å². The summed E-state index contributed by atoms with van der Waals surface area (Å²) in [5.74, 6) is -0.496. The predicted molar refractivity (Wildman–Crippen MR) is 63.5 cm³/mol. The fourth-order valence-corrected chi connectivity index (χ4v) is 1.20. The van der Waals surface area contributed by atoms with E-state index in [-0.39, 0.29) is 13.1 Å². The molecule has 2 N–H and O–H groups in total. The molecule has 0 saturated heterocycles. The maximum Gasteiger partial charge on any atom is 0.411 e. The molecule has 0 radical (unpaired) electrons. The van der Waals surface area contributed by atoms with E-state index in [1.165, 1.54) is 12.0 Å². The van der Waals surface area contributed by atoms with Gasteiger partial charge in [-0.05, 0) is 27.7 Å². The Balaban J connectivity index is 4.72. The minimum atomic E-state index is -0.710. The van der Waals surface area contributed by atoms with Crippen molar-refractivity contribution in [3.8, 4) is 0 Å². The lowest BCUT2D eigenvalue weighted by molar-refractivity contribution is -0.146. The SMILES string of the molecule is COC(=O)[C@H](C)N(CCN)C(=O)OC(C)(C)C. The van der Waals surface area contributed by atoms with Crippen molar-refractivity contribution in [3.63, 3.8) is 0 Å². The van der Waals surface area contributed by atoms with Crippen LogP contribution in [0.2, 0.25) is 0 Å². The molecular weight excluding hydrogens is 224 g/mol. The molecule has 0 aliphatic rings. The summed E-state index contributed by atoms with van der Waals surface area (Å²) in [6.45, 7) is 7.34. The molecule has 0 saturated carbocycles. The van der Waals surface area contributed by atoms with E-state index in [4.69, 9.17) is 10.5 Å². The van der Waals surface area contributed by atoms with Crippen molar-refractivity contribution >= 4 is 12.1 Å². The Hall–Kier alpha value is -1.30. The quantitative estimate of drug-likeness (QED) is 0.740. The van der Waals surface area contributed by atoms with Crippen LogP contribution in [0.15, 0.2) is 0 Å². The van der Waals surface area contributed by atoms with Crippen molar-refractivity contribution in [2.45, 2.75) is 39.3 Å². The van der Waals surface area contributed by atoms with Gasteiger partial charge < -0.3 is 15.2 Å². The van der Waals surface area contributed by atoms with Gasteiger partial charge in [-0.25, -0.2) is 9.59 Å². The van der Waals surface area contributed by atoms with E-state index in [1.54, 1.807) is 27.7 Å². The van der Waals surface area contributed by atoms with Gasteiger partial charge in [-0.15, -0.1) is 0 Å². The lowest BCUT2D eigenvalue weighted by Gasteiger charge is -2.30. The van der Waals surface area contributed by atoms with Crippen molar-refractivity contribution in [1.29, 1.82) is 0 Å². The second kappa shape index (κ2) is 6.44. The number of carbonyl (C=O) groups excluding carboxylic acids is 2. The molecule has 0 fully saturated rings. The highest BCUT2D eigenvalue weighted by atomic mass is 16.6. The first-order valence-corrected chi connectivity index (χ1v) is 5.50. The van der Waals surface area contributed by atoms with Gasteiger partial charge in [0.25, 0.3) is 0 Å². The first-order chi connectivity index (χ1) is 7.72. The van der Waals surface area contributed by atoms with Gasteiger partial charge in [0.2, 0.25) is 0 Å². The molecule has 0 rings (SSSR count). The second-order valence-corrected chi connectivity index (χ2v) is 4.66. The summed E-state index contributed by atoms with van der Waals surface area (Å²) in [7, 11) is 1.27. The molecule has 1 amide bonds. The molecule has 6 nitrogen and oxygen atoms in total. The van der Waals surface area contributed by atoms with Gasteiger partial charge in [0.05, 0.1) is 7.11 Å². The molecule has 0 aliphatic carbocycles. The monoisotopic (exact) mass is 246 g/mol. The highest BCUT2D eigenvalue weighted by molar-refractivity contribution is 5.81. The molecule has 100 valence electrons. The highest BCUT2D eigenvalue weighted by Crippen LogP contribution is 2.12. The summed E-state index contributed by atoms with van der Waals surface area (Å²) >= 11 is 0. The van der Waals surface area contributed by atoms with Crippen LogP contribution in [-0.4, -0.2) is 48.8 Å². The first kappa shape index (κ1) is 15.7. The van der Waals surface area contributed by atoms with Crippen molar-refractivity contribution in [3.05, 3.63) is 0 Å². The Labute approximate surface area is 102 Å². The number of nitrogens with two attached hydrogens (primary N) is 1.